The number of rotatable bonds is 6. The number of aromatic nitrogens is 1. The van der Waals surface area contributed by atoms with Crippen LogP contribution >= 0.6 is 11.3 Å². The molecule has 1 heterocycles. The molecule has 4 N–H and O–H groups in total. The fourth-order valence-electron chi connectivity index (χ4n) is 2.64. The molecule has 0 bridgehead atoms. The number of hydrogen-bond acceptors (Lipinski definition) is 6. The number of nitrogens with zero attached hydrogens (tertiary/aromatic N) is 2. The van der Waals surface area contributed by atoms with E-state index in [0.29, 0.717) is 15.6 Å². The molecule has 7 heteroatoms. The molecule has 1 atom stereocenters. The van der Waals surface area contributed by atoms with Crippen molar-refractivity contribution in [2.45, 2.75) is 19.9 Å². The summed E-state index contributed by atoms with van der Waals surface area (Å²) in [6.07, 6.45) is 0. The van der Waals surface area contributed by atoms with Crippen LogP contribution in [0.15, 0.2) is 54.6 Å². The van der Waals surface area contributed by atoms with Crippen LogP contribution in [0, 0.1) is 6.92 Å². The summed E-state index contributed by atoms with van der Waals surface area (Å²) < 4.78 is 0. The van der Waals surface area contributed by atoms with Crippen LogP contribution in [0.5, 0.6) is 0 Å². The van der Waals surface area contributed by atoms with Gasteiger partial charge in [-0.25, -0.2) is 4.98 Å². The lowest BCUT2D eigenvalue weighted by atomic mass is 10.1. The number of nitrogens with two attached hydrogens (primary N) is 2. The van der Waals surface area contributed by atoms with Crippen LogP contribution < -0.4 is 16.4 Å². The van der Waals surface area contributed by atoms with Crippen LogP contribution in [-0.2, 0) is 4.79 Å². The van der Waals surface area contributed by atoms with Crippen molar-refractivity contribution < 1.29 is 9.59 Å². The van der Waals surface area contributed by atoms with E-state index in [0.717, 1.165) is 22.6 Å². The molecule has 0 radical (unpaired) electrons. The summed E-state index contributed by atoms with van der Waals surface area (Å²) in [7, 11) is 0. The molecule has 0 aliphatic rings. The largest absolute Gasteiger partial charge is 0.382 e. The number of hydrogen-bond donors (Lipinski definition) is 2. The molecule has 6 nitrogen and oxygen atoms in total. The van der Waals surface area contributed by atoms with Gasteiger partial charge in [-0.15, -0.1) is 0 Å². The van der Waals surface area contributed by atoms with E-state index in [2.05, 4.69) is 4.98 Å². The summed E-state index contributed by atoms with van der Waals surface area (Å²) in [5.74, 6) is -0.564. The molecule has 0 spiro atoms. The normalized spacial score (nSPS) is 11.8. The Bertz CT molecular complexity index is 967. The van der Waals surface area contributed by atoms with Gasteiger partial charge in [-0.1, -0.05) is 59.4 Å². The lowest BCUT2D eigenvalue weighted by molar-refractivity contribution is -0.118. The van der Waals surface area contributed by atoms with Gasteiger partial charge in [0.1, 0.15) is 16.7 Å². The van der Waals surface area contributed by atoms with E-state index in [9.17, 15) is 9.59 Å². The molecule has 3 aromatic rings. The zero-order valence-corrected chi connectivity index (χ0v) is 15.9. The zero-order valence-electron chi connectivity index (χ0n) is 15.0. The average Bonchev–Trinajstić information content (AvgIpc) is 3.04. The summed E-state index contributed by atoms with van der Waals surface area (Å²) >= 11 is 1.15. The van der Waals surface area contributed by atoms with E-state index in [1.807, 2.05) is 37.3 Å². The first-order valence-corrected chi connectivity index (χ1v) is 9.21. The highest BCUT2D eigenvalue weighted by Gasteiger charge is 2.27. The van der Waals surface area contributed by atoms with E-state index < -0.39 is 11.9 Å². The highest BCUT2D eigenvalue weighted by molar-refractivity contribution is 7.18. The van der Waals surface area contributed by atoms with E-state index in [-0.39, 0.29) is 11.6 Å². The smallest absolute Gasteiger partial charge is 0.240 e. The summed E-state index contributed by atoms with van der Waals surface area (Å²) in [5.41, 5.74) is 13.9. The van der Waals surface area contributed by atoms with Crippen molar-refractivity contribution in [2.24, 2.45) is 5.73 Å². The second-order valence-electron chi connectivity index (χ2n) is 6.19. The maximum atomic E-state index is 12.8. The van der Waals surface area contributed by atoms with E-state index >= 15 is 0 Å². The number of amides is 1. The molecular formula is C20H20N4O2S. The number of carbonyl (C=O) groups excluding carboxylic acids is 2. The average molecular weight is 380 g/mol. The molecule has 0 fully saturated rings. The minimum absolute atomic E-state index is 0.137. The Morgan fingerprint density at radius 2 is 1.70 bits per heavy atom. The number of carbonyl (C=O) groups is 2. The zero-order chi connectivity index (χ0) is 19.6. The fourth-order valence-corrected chi connectivity index (χ4v) is 3.69. The number of aryl methyl sites for hydroxylation is 1. The molecular weight excluding hydrogens is 360 g/mol. The summed E-state index contributed by atoms with van der Waals surface area (Å²) in [4.78, 5) is 31.0. The molecule has 1 amide bonds. The van der Waals surface area contributed by atoms with Crippen molar-refractivity contribution in [2.75, 3.05) is 10.6 Å². The van der Waals surface area contributed by atoms with Gasteiger partial charge in [0.05, 0.1) is 0 Å². The molecule has 0 aliphatic carbocycles. The van der Waals surface area contributed by atoms with Gasteiger partial charge in [-0.3, -0.25) is 9.59 Å². The van der Waals surface area contributed by atoms with Crippen molar-refractivity contribution in [1.82, 2.24) is 4.98 Å². The number of nitrogen functional groups attached to an aromatic ring is 1. The second kappa shape index (κ2) is 7.59. The van der Waals surface area contributed by atoms with Crippen molar-refractivity contribution in [1.29, 1.82) is 0 Å². The second-order valence-corrected chi connectivity index (χ2v) is 7.17. The van der Waals surface area contributed by atoms with Gasteiger partial charge >= 0.3 is 0 Å². The van der Waals surface area contributed by atoms with Gasteiger partial charge < -0.3 is 16.4 Å². The number of primary amides is 1. The van der Waals surface area contributed by atoms with Gasteiger partial charge in [0.25, 0.3) is 0 Å². The molecule has 1 aromatic heterocycles. The molecule has 2 aromatic carbocycles. The van der Waals surface area contributed by atoms with Crippen molar-refractivity contribution in [3.63, 3.8) is 0 Å². The standard InChI is InChI=1S/C20H20N4O2S/c1-12-8-10-15(11-9-12)24(13(2)19(22)26)20-23-18(21)17(27-20)16(25)14-6-4-3-5-7-14/h3-11,13H,21H2,1-2H3,(H2,22,26)/t13-/m1/s1. The van der Waals surface area contributed by atoms with Crippen molar-refractivity contribution in [3.05, 3.63) is 70.6 Å². The number of ketones is 1. The van der Waals surface area contributed by atoms with Crippen molar-refractivity contribution >= 4 is 39.7 Å². The monoisotopic (exact) mass is 380 g/mol. The van der Waals surface area contributed by atoms with Crippen molar-refractivity contribution in [3.8, 4) is 0 Å². The van der Waals surface area contributed by atoms with Crippen LogP contribution in [0.1, 0.15) is 27.7 Å². The quantitative estimate of drug-likeness (QED) is 0.639. The molecule has 27 heavy (non-hydrogen) atoms. The first-order chi connectivity index (χ1) is 12.9. The SMILES string of the molecule is Cc1ccc(N(c2nc(N)c(C(=O)c3ccccc3)s2)[C@H](C)C(N)=O)cc1. The van der Waals surface area contributed by atoms with Gasteiger partial charge in [0.15, 0.2) is 5.13 Å². The maximum Gasteiger partial charge on any atom is 0.240 e. The van der Waals surface area contributed by atoms with Crippen LogP contribution in [0.4, 0.5) is 16.6 Å². The predicted molar refractivity (Wildman–Crippen MR) is 108 cm³/mol. The molecule has 138 valence electrons. The molecule has 0 saturated heterocycles. The predicted octanol–water partition coefficient (Wildman–Crippen LogP) is 3.28. The van der Waals surface area contributed by atoms with Gasteiger partial charge in [-0.2, -0.15) is 0 Å². The highest BCUT2D eigenvalue weighted by Crippen LogP contribution is 2.35. The molecule has 0 aliphatic heterocycles. The van der Waals surface area contributed by atoms with Gasteiger partial charge in [0.2, 0.25) is 11.7 Å². The van der Waals surface area contributed by atoms with Gasteiger partial charge in [-0.05, 0) is 26.0 Å². The Morgan fingerprint density at radius 3 is 2.30 bits per heavy atom. The van der Waals surface area contributed by atoms with Crippen LogP contribution in [0.3, 0.4) is 0 Å². The molecule has 3 rings (SSSR count). The minimum atomic E-state index is -0.655. The van der Waals surface area contributed by atoms with Crippen LogP contribution in [0.2, 0.25) is 0 Å². The summed E-state index contributed by atoms with van der Waals surface area (Å²) in [6, 6.07) is 15.8. The fraction of sp³-hybridized carbons (Fsp3) is 0.150. The Kier molecular flexibility index (Phi) is 5.23. The number of thiazole rings is 1. The Labute approximate surface area is 161 Å². The lowest BCUT2D eigenvalue weighted by Crippen LogP contribution is -2.39. The number of benzene rings is 2. The van der Waals surface area contributed by atoms with Crippen LogP contribution in [-0.4, -0.2) is 22.7 Å². The topological polar surface area (TPSA) is 102 Å². The van der Waals surface area contributed by atoms with Gasteiger partial charge in [0, 0.05) is 11.3 Å². The van der Waals surface area contributed by atoms with Crippen LogP contribution in [0.25, 0.3) is 0 Å². The third-order valence-corrected chi connectivity index (χ3v) is 5.27. The summed E-state index contributed by atoms with van der Waals surface area (Å²) in [5, 5.41) is 0.446. The lowest BCUT2D eigenvalue weighted by Gasteiger charge is -2.26. The highest BCUT2D eigenvalue weighted by atomic mass is 32.1. The Morgan fingerprint density at radius 1 is 1.07 bits per heavy atom. The van der Waals surface area contributed by atoms with E-state index in [1.165, 1.54) is 0 Å². The number of anilines is 3. The van der Waals surface area contributed by atoms with E-state index in [1.54, 1.807) is 36.1 Å². The first kappa shape index (κ1) is 18.6. The maximum absolute atomic E-state index is 12.8. The molecule has 0 saturated carbocycles. The third kappa shape index (κ3) is 3.83. The third-order valence-electron chi connectivity index (χ3n) is 4.20. The first-order valence-electron chi connectivity index (χ1n) is 8.39. The molecule has 0 unspecified atom stereocenters. The Balaban J connectivity index is 2.04. The Hall–Kier alpha value is -3.19. The minimum Gasteiger partial charge on any atom is -0.382 e. The van der Waals surface area contributed by atoms with E-state index in [4.69, 9.17) is 11.5 Å². The summed E-state index contributed by atoms with van der Waals surface area (Å²) in [6.45, 7) is 3.67.